The van der Waals surface area contributed by atoms with Crippen LogP contribution in [0.1, 0.15) is 31.2 Å². The third kappa shape index (κ3) is 4.49. The highest BCUT2D eigenvalue weighted by Crippen LogP contribution is 2.32. The van der Waals surface area contributed by atoms with Crippen molar-refractivity contribution in [2.75, 3.05) is 11.1 Å². The molecule has 1 aliphatic carbocycles. The molecule has 0 radical (unpaired) electrons. The van der Waals surface area contributed by atoms with E-state index < -0.39 is 11.7 Å². The minimum absolute atomic E-state index is 0.0190. The van der Waals surface area contributed by atoms with E-state index in [9.17, 15) is 13.2 Å². The first-order chi connectivity index (χ1) is 13.9. The molecule has 0 bridgehead atoms. The van der Waals surface area contributed by atoms with Gasteiger partial charge in [-0.25, -0.2) is 9.97 Å². The zero-order valence-corrected chi connectivity index (χ0v) is 15.5. The fraction of sp³-hybridized carbons (Fsp3) is 0.350. The lowest BCUT2D eigenvalue weighted by Crippen LogP contribution is -2.31. The topological polar surface area (TPSA) is 86.0 Å². The number of nitrogens with two attached hydrogens (primary N) is 1. The molecule has 0 saturated heterocycles. The summed E-state index contributed by atoms with van der Waals surface area (Å²) in [5.41, 5.74) is 7.12. The predicted molar refractivity (Wildman–Crippen MR) is 103 cm³/mol. The van der Waals surface area contributed by atoms with Crippen molar-refractivity contribution >= 4 is 22.5 Å². The Morgan fingerprint density at radius 3 is 2.48 bits per heavy atom. The van der Waals surface area contributed by atoms with E-state index in [-0.39, 0.29) is 18.0 Å². The lowest BCUT2D eigenvalue weighted by atomic mass is 9.93. The molecule has 0 spiro atoms. The van der Waals surface area contributed by atoms with Crippen molar-refractivity contribution in [3.05, 3.63) is 48.4 Å². The van der Waals surface area contributed by atoms with Crippen LogP contribution in [0.25, 0.3) is 11.0 Å². The van der Waals surface area contributed by atoms with Crippen molar-refractivity contribution in [2.24, 2.45) is 0 Å². The van der Waals surface area contributed by atoms with Gasteiger partial charge in [0.1, 0.15) is 17.1 Å². The number of hydrogen-bond donors (Lipinski definition) is 2. The van der Waals surface area contributed by atoms with Crippen LogP contribution >= 0.6 is 0 Å². The van der Waals surface area contributed by atoms with Gasteiger partial charge in [0.25, 0.3) is 0 Å². The number of halogens is 3. The molecule has 29 heavy (non-hydrogen) atoms. The Kier molecular flexibility index (Phi) is 5.12. The van der Waals surface area contributed by atoms with E-state index in [2.05, 4.69) is 20.3 Å². The number of pyridine rings is 1. The maximum atomic E-state index is 12.9. The summed E-state index contributed by atoms with van der Waals surface area (Å²) in [4.78, 5) is 12.6. The lowest BCUT2D eigenvalue weighted by molar-refractivity contribution is -0.137. The number of alkyl halides is 3. The number of nitrogens with one attached hydrogen (secondary N) is 1. The molecular formula is C20H20F3N5O. The largest absolute Gasteiger partial charge is 0.488 e. The van der Waals surface area contributed by atoms with Crippen molar-refractivity contribution in [1.82, 2.24) is 15.0 Å². The first-order valence-corrected chi connectivity index (χ1v) is 9.35. The molecule has 0 aliphatic heterocycles. The van der Waals surface area contributed by atoms with Gasteiger partial charge in [-0.2, -0.15) is 13.2 Å². The van der Waals surface area contributed by atoms with Crippen LogP contribution in [-0.2, 0) is 6.18 Å². The third-order valence-corrected chi connectivity index (χ3v) is 4.97. The number of nitrogens with zero attached hydrogens (tertiary/aromatic N) is 3. The minimum atomic E-state index is -4.38. The first-order valence-electron chi connectivity index (χ1n) is 9.35. The van der Waals surface area contributed by atoms with Crippen LogP contribution in [0, 0.1) is 0 Å². The van der Waals surface area contributed by atoms with E-state index in [0.29, 0.717) is 22.5 Å². The quantitative estimate of drug-likeness (QED) is 0.627. The Balaban J connectivity index is 1.38. The van der Waals surface area contributed by atoms with Gasteiger partial charge in [-0.05, 0) is 43.9 Å². The maximum Gasteiger partial charge on any atom is 0.416 e. The fourth-order valence-corrected chi connectivity index (χ4v) is 3.55. The van der Waals surface area contributed by atoms with Gasteiger partial charge in [0.2, 0.25) is 0 Å². The SMILES string of the molecule is Nc1cc(OC2CCC(Nc3cc(C(F)(F)F)ccn3)CC2)c2nccnc2c1. The van der Waals surface area contributed by atoms with Gasteiger partial charge in [-0.15, -0.1) is 0 Å². The standard InChI is InChI=1S/C20H20F3N5O/c21-20(22,23)12-5-6-26-18(9-12)28-14-1-3-15(4-2-14)29-17-11-13(24)10-16-19(17)27-8-7-25-16/h5-11,14-15H,1-4,24H2,(H,26,28). The first kappa shape index (κ1) is 19.2. The molecule has 2 heterocycles. The number of hydrogen-bond acceptors (Lipinski definition) is 6. The van der Waals surface area contributed by atoms with Gasteiger partial charge < -0.3 is 15.8 Å². The molecule has 152 valence electrons. The molecule has 0 atom stereocenters. The number of aromatic nitrogens is 3. The third-order valence-electron chi connectivity index (χ3n) is 4.97. The van der Waals surface area contributed by atoms with E-state index in [1.807, 2.05) is 0 Å². The smallest absolute Gasteiger partial charge is 0.416 e. The molecule has 6 nitrogen and oxygen atoms in total. The van der Waals surface area contributed by atoms with Crippen molar-refractivity contribution < 1.29 is 17.9 Å². The number of ether oxygens (including phenoxy) is 1. The second-order valence-electron chi connectivity index (χ2n) is 7.11. The number of benzene rings is 1. The molecule has 0 amide bonds. The highest BCUT2D eigenvalue weighted by Gasteiger charge is 2.31. The molecule has 2 aromatic heterocycles. The van der Waals surface area contributed by atoms with Crippen molar-refractivity contribution in [1.29, 1.82) is 0 Å². The Bertz CT molecular complexity index is 1000. The van der Waals surface area contributed by atoms with Crippen LogP contribution in [0.3, 0.4) is 0 Å². The molecule has 1 aromatic carbocycles. The monoisotopic (exact) mass is 403 g/mol. The summed E-state index contributed by atoms with van der Waals surface area (Å²) in [7, 11) is 0. The summed E-state index contributed by atoms with van der Waals surface area (Å²) in [6.45, 7) is 0. The summed E-state index contributed by atoms with van der Waals surface area (Å²) in [6.07, 6.45) is 3.01. The minimum Gasteiger partial charge on any atom is -0.488 e. The number of nitrogen functional groups attached to an aromatic ring is 1. The average Bonchev–Trinajstić information content (AvgIpc) is 2.69. The fourth-order valence-electron chi connectivity index (χ4n) is 3.55. The molecule has 1 fully saturated rings. The van der Waals surface area contributed by atoms with Gasteiger partial charge in [0, 0.05) is 36.4 Å². The van der Waals surface area contributed by atoms with E-state index in [0.717, 1.165) is 37.8 Å². The Labute approximate surface area is 165 Å². The molecule has 1 aliphatic rings. The molecule has 1 saturated carbocycles. The molecule has 0 unspecified atom stereocenters. The molecule has 3 N–H and O–H groups in total. The molecular weight excluding hydrogens is 383 g/mol. The average molecular weight is 403 g/mol. The summed E-state index contributed by atoms with van der Waals surface area (Å²) in [5, 5.41) is 3.11. The van der Waals surface area contributed by atoms with Crippen molar-refractivity contribution in [2.45, 2.75) is 44.0 Å². The second-order valence-corrected chi connectivity index (χ2v) is 7.11. The van der Waals surface area contributed by atoms with E-state index >= 15 is 0 Å². The number of fused-ring (bicyclic) bond motifs is 1. The highest BCUT2D eigenvalue weighted by molar-refractivity contribution is 5.84. The zero-order chi connectivity index (χ0) is 20.4. The van der Waals surface area contributed by atoms with E-state index in [1.165, 1.54) is 6.20 Å². The maximum absolute atomic E-state index is 12.9. The zero-order valence-electron chi connectivity index (χ0n) is 15.5. The van der Waals surface area contributed by atoms with Crippen LogP contribution in [0.5, 0.6) is 5.75 Å². The van der Waals surface area contributed by atoms with Crippen LogP contribution in [0.15, 0.2) is 42.9 Å². The van der Waals surface area contributed by atoms with Crippen molar-refractivity contribution in [3.8, 4) is 5.75 Å². The highest BCUT2D eigenvalue weighted by atomic mass is 19.4. The Morgan fingerprint density at radius 2 is 1.72 bits per heavy atom. The predicted octanol–water partition coefficient (Wildman–Crippen LogP) is 4.43. The van der Waals surface area contributed by atoms with Gasteiger partial charge in [0.05, 0.1) is 17.2 Å². The Morgan fingerprint density at radius 1 is 0.966 bits per heavy atom. The normalized spacial score (nSPS) is 19.8. The van der Waals surface area contributed by atoms with Gasteiger partial charge in [0.15, 0.2) is 0 Å². The van der Waals surface area contributed by atoms with Crippen LogP contribution in [-0.4, -0.2) is 27.1 Å². The number of anilines is 2. The number of rotatable bonds is 4. The van der Waals surface area contributed by atoms with Gasteiger partial charge >= 0.3 is 6.18 Å². The second kappa shape index (κ2) is 7.73. The Hall–Kier alpha value is -3.10. The van der Waals surface area contributed by atoms with E-state index in [1.54, 1.807) is 24.5 Å². The van der Waals surface area contributed by atoms with Crippen molar-refractivity contribution in [3.63, 3.8) is 0 Å². The summed E-state index contributed by atoms with van der Waals surface area (Å²) >= 11 is 0. The molecule has 9 heteroatoms. The van der Waals surface area contributed by atoms with Gasteiger partial charge in [-0.3, -0.25) is 4.98 Å². The van der Waals surface area contributed by atoms with Crippen LogP contribution < -0.4 is 15.8 Å². The lowest BCUT2D eigenvalue weighted by Gasteiger charge is -2.30. The van der Waals surface area contributed by atoms with Gasteiger partial charge in [-0.1, -0.05) is 0 Å². The molecule has 3 aromatic rings. The van der Waals surface area contributed by atoms with Crippen LogP contribution in [0.2, 0.25) is 0 Å². The summed E-state index contributed by atoms with van der Waals surface area (Å²) < 4.78 is 44.7. The van der Waals surface area contributed by atoms with E-state index in [4.69, 9.17) is 10.5 Å². The summed E-state index contributed by atoms with van der Waals surface area (Å²) in [6, 6.07) is 5.55. The molecule has 4 rings (SSSR count). The summed E-state index contributed by atoms with van der Waals surface area (Å²) in [5.74, 6) is 0.838. The van der Waals surface area contributed by atoms with Crippen LogP contribution in [0.4, 0.5) is 24.7 Å².